The summed E-state index contributed by atoms with van der Waals surface area (Å²) in [4.78, 5) is 0. The molecule has 0 aliphatic heterocycles. The van der Waals surface area contributed by atoms with Gasteiger partial charge in [0, 0.05) is 25.5 Å². The molecule has 0 amide bonds. The molecular weight excluding hydrogens is 112 g/mol. The summed E-state index contributed by atoms with van der Waals surface area (Å²) in [5.74, 6) is 0. The highest BCUT2D eigenvalue weighted by Gasteiger charge is 2.10. The molecule has 0 saturated carbocycles. The van der Waals surface area contributed by atoms with Crippen LogP contribution in [0.3, 0.4) is 0 Å². The summed E-state index contributed by atoms with van der Waals surface area (Å²) in [7, 11) is 3.97. The summed E-state index contributed by atoms with van der Waals surface area (Å²) in [6, 6.07) is 0. The van der Waals surface area contributed by atoms with Gasteiger partial charge in [-0.1, -0.05) is 0 Å². The SMILES string of the molecule is CNC1=C(NC)CCC1. The van der Waals surface area contributed by atoms with E-state index in [2.05, 4.69) is 10.6 Å². The fourth-order valence-corrected chi connectivity index (χ4v) is 1.30. The van der Waals surface area contributed by atoms with Crippen molar-refractivity contribution < 1.29 is 0 Å². The van der Waals surface area contributed by atoms with Crippen LogP contribution in [0.2, 0.25) is 0 Å². The number of allylic oxidation sites excluding steroid dienone is 2. The fraction of sp³-hybridized carbons (Fsp3) is 0.714. The van der Waals surface area contributed by atoms with Crippen molar-refractivity contribution in [2.75, 3.05) is 14.1 Å². The van der Waals surface area contributed by atoms with Crippen LogP contribution in [-0.2, 0) is 0 Å². The Morgan fingerprint density at radius 2 is 1.44 bits per heavy atom. The zero-order chi connectivity index (χ0) is 6.69. The van der Waals surface area contributed by atoms with E-state index < -0.39 is 0 Å². The minimum Gasteiger partial charge on any atom is -0.390 e. The van der Waals surface area contributed by atoms with Crippen molar-refractivity contribution in [1.29, 1.82) is 0 Å². The Balaban J connectivity index is 2.59. The summed E-state index contributed by atoms with van der Waals surface area (Å²) in [6.45, 7) is 0. The zero-order valence-electron chi connectivity index (χ0n) is 6.12. The van der Waals surface area contributed by atoms with Crippen molar-refractivity contribution in [3.8, 4) is 0 Å². The van der Waals surface area contributed by atoms with E-state index in [-0.39, 0.29) is 0 Å². The van der Waals surface area contributed by atoms with Gasteiger partial charge in [0.1, 0.15) is 0 Å². The van der Waals surface area contributed by atoms with Gasteiger partial charge in [0.2, 0.25) is 0 Å². The van der Waals surface area contributed by atoms with E-state index in [9.17, 15) is 0 Å². The van der Waals surface area contributed by atoms with Gasteiger partial charge in [0.05, 0.1) is 0 Å². The van der Waals surface area contributed by atoms with E-state index in [1.54, 1.807) is 0 Å². The Hall–Kier alpha value is -0.660. The predicted octanol–water partition coefficient (Wildman–Crippen LogP) is 0.821. The van der Waals surface area contributed by atoms with Crippen molar-refractivity contribution in [2.24, 2.45) is 0 Å². The molecule has 0 fully saturated rings. The molecule has 0 atom stereocenters. The summed E-state index contributed by atoms with van der Waals surface area (Å²) < 4.78 is 0. The van der Waals surface area contributed by atoms with Gasteiger partial charge in [-0.25, -0.2) is 0 Å². The lowest BCUT2D eigenvalue weighted by atomic mass is 10.3. The lowest BCUT2D eigenvalue weighted by Crippen LogP contribution is -2.12. The predicted molar refractivity (Wildman–Crippen MR) is 39.0 cm³/mol. The van der Waals surface area contributed by atoms with E-state index in [0.29, 0.717) is 0 Å². The van der Waals surface area contributed by atoms with Crippen LogP contribution in [0.5, 0.6) is 0 Å². The molecule has 0 heterocycles. The summed E-state index contributed by atoms with van der Waals surface area (Å²) in [5, 5.41) is 6.36. The molecular formula is C7H14N2. The molecule has 9 heavy (non-hydrogen) atoms. The average Bonchev–Trinajstić information content (AvgIpc) is 2.33. The van der Waals surface area contributed by atoms with E-state index in [4.69, 9.17) is 0 Å². The first-order valence-corrected chi connectivity index (χ1v) is 3.46. The lowest BCUT2D eigenvalue weighted by Gasteiger charge is -2.04. The third-order valence-corrected chi connectivity index (χ3v) is 1.82. The monoisotopic (exact) mass is 126 g/mol. The molecule has 2 N–H and O–H groups in total. The van der Waals surface area contributed by atoms with Crippen LogP contribution in [0.4, 0.5) is 0 Å². The minimum absolute atomic E-state index is 1.21. The summed E-state index contributed by atoms with van der Waals surface area (Å²) in [5.41, 5.74) is 2.77. The van der Waals surface area contributed by atoms with Crippen LogP contribution in [0.25, 0.3) is 0 Å². The van der Waals surface area contributed by atoms with Crippen LogP contribution in [0, 0.1) is 0 Å². The van der Waals surface area contributed by atoms with E-state index in [1.165, 1.54) is 30.7 Å². The molecule has 0 unspecified atom stereocenters. The number of rotatable bonds is 2. The minimum atomic E-state index is 1.21. The van der Waals surface area contributed by atoms with Gasteiger partial charge < -0.3 is 10.6 Å². The third kappa shape index (κ3) is 1.18. The molecule has 2 nitrogen and oxygen atoms in total. The van der Waals surface area contributed by atoms with Crippen molar-refractivity contribution in [1.82, 2.24) is 10.6 Å². The highest BCUT2D eigenvalue weighted by molar-refractivity contribution is 5.15. The third-order valence-electron chi connectivity index (χ3n) is 1.82. The molecule has 0 saturated heterocycles. The Morgan fingerprint density at radius 3 is 1.78 bits per heavy atom. The molecule has 1 rings (SSSR count). The van der Waals surface area contributed by atoms with Crippen LogP contribution in [-0.4, -0.2) is 14.1 Å². The van der Waals surface area contributed by atoms with Gasteiger partial charge in [-0.2, -0.15) is 0 Å². The zero-order valence-corrected chi connectivity index (χ0v) is 6.12. The van der Waals surface area contributed by atoms with E-state index in [0.717, 1.165) is 0 Å². The fourth-order valence-electron chi connectivity index (χ4n) is 1.30. The maximum Gasteiger partial charge on any atom is 0.0297 e. The molecule has 0 aromatic carbocycles. The van der Waals surface area contributed by atoms with Gasteiger partial charge in [-0.3, -0.25) is 0 Å². The molecule has 0 spiro atoms. The highest BCUT2D eigenvalue weighted by Crippen LogP contribution is 2.20. The van der Waals surface area contributed by atoms with E-state index in [1.807, 2.05) is 14.1 Å². The van der Waals surface area contributed by atoms with Crippen molar-refractivity contribution in [3.05, 3.63) is 11.4 Å². The first kappa shape index (κ1) is 6.46. The topological polar surface area (TPSA) is 24.1 Å². The van der Waals surface area contributed by atoms with Crippen molar-refractivity contribution in [3.63, 3.8) is 0 Å². The second kappa shape index (κ2) is 2.76. The standard InChI is InChI=1S/C7H14N2/c1-8-6-4-3-5-7(6)9-2/h8-9H,3-5H2,1-2H3. The second-order valence-corrected chi connectivity index (χ2v) is 2.31. The molecule has 1 aliphatic rings. The highest BCUT2D eigenvalue weighted by atomic mass is 14.9. The largest absolute Gasteiger partial charge is 0.390 e. The Kier molecular flexibility index (Phi) is 1.98. The smallest absolute Gasteiger partial charge is 0.0297 e. The normalized spacial score (nSPS) is 18.4. The molecule has 52 valence electrons. The van der Waals surface area contributed by atoms with Gasteiger partial charge >= 0.3 is 0 Å². The van der Waals surface area contributed by atoms with Gasteiger partial charge in [0.15, 0.2) is 0 Å². The summed E-state index contributed by atoms with van der Waals surface area (Å²) >= 11 is 0. The van der Waals surface area contributed by atoms with Gasteiger partial charge in [-0.05, 0) is 19.3 Å². The van der Waals surface area contributed by atoms with E-state index >= 15 is 0 Å². The number of nitrogens with one attached hydrogen (secondary N) is 2. The molecule has 2 heteroatoms. The maximum absolute atomic E-state index is 3.18. The van der Waals surface area contributed by atoms with Crippen molar-refractivity contribution >= 4 is 0 Å². The molecule has 0 aromatic heterocycles. The first-order chi connectivity index (χ1) is 4.38. The van der Waals surface area contributed by atoms with Crippen LogP contribution < -0.4 is 10.6 Å². The molecule has 0 bridgehead atoms. The summed E-state index contributed by atoms with van der Waals surface area (Å²) in [6.07, 6.45) is 3.73. The Bertz CT molecular complexity index is 113. The second-order valence-electron chi connectivity index (χ2n) is 2.31. The van der Waals surface area contributed by atoms with Crippen molar-refractivity contribution in [2.45, 2.75) is 19.3 Å². The van der Waals surface area contributed by atoms with Gasteiger partial charge in [-0.15, -0.1) is 0 Å². The van der Waals surface area contributed by atoms with Gasteiger partial charge in [0.25, 0.3) is 0 Å². The molecule has 0 radical (unpaired) electrons. The lowest BCUT2D eigenvalue weighted by molar-refractivity contribution is 0.838. The van der Waals surface area contributed by atoms with Crippen LogP contribution in [0.1, 0.15) is 19.3 Å². The van der Waals surface area contributed by atoms with Crippen LogP contribution in [0.15, 0.2) is 11.4 Å². The maximum atomic E-state index is 3.18. The molecule has 0 aromatic rings. The Labute approximate surface area is 56.3 Å². The molecule has 1 aliphatic carbocycles. The number of hydrogen-bond donors (Lipinski definition) is 2. The quantitative estimate of drug-likeness (QED) is 0.572. The number of hydrogen-bond acceptors (Lipinski definition) is 2. The average molecular weight is 126 g/mol. The van der Waals surface area contributed by atoms with Crippen LogP contribution >= 0.6 is 0 Å². The first-order valence-electron chi connectivity index (χ1n) is 3.46. The Morgan fingerprint density at radius 1 is 1.00 bits per heavy atom.